The van der Waals surface area contributed by atoms with E-state index in [2.05, 4.69) is 25.3 Å². The summed E-state index contributed by atoms with van der Waals surface area (Å²) in [5, 5.41) is 3.00. The van der Waals surface area contributed by atoms with E-state index in [1.807, 2.05) is 0 Å². The Morgan fingerprint density at radius 2 is 1.67 bits per heavy atom. The van der Waals surface area contributed by atoms with E-state index in [1.54, 1.807) is 13.0 Å². The molecule has 2 fully saturated rings. The largest absolute Gasteiger partial charge is 0.465 e. The number of nitrogens with two attached hydrogens (primary N) is 1. The van der Waals surface area contributed by atoms with Crippen molar-refractivity contribution in [3.63, 3.8) is 0 Å². The highest BCUT2D eigenvalue weighted by atomic mass is 19.1. The molecule has 3 heterocycles. The quantitative estimate of drug-likeness (QED) is 0.243. The van der Waals surface area contributed by atoms with E-state index in [9.17, 15) is 18.4 Å². The van der Waals surface area contributed by atoms with Crippen LogP contribution >= 0.6 is 0 Å². The number of ether oxygens (including phenoxy) is 3. The van der Waals surface area contributed by atoms with Crippen LogP contribution in [0.25, 0.3) is 22.6 Å². The Hall–Kier alpha value is -4.75. The molecule has 1 aliphatic heterocycles. The zero-order valence-electron chi connectivity index (χ0n) is 23.1. The van der Waals surface area contributed by atoms with Crippen LogP contribution in [0.15, 0.2) is 60.8 Å². The van der Waals surface area contributed by atoms with Crippen molar-refractivity contribution in [3.05, 3.63) is 78.3 Å². The van der Waals surface area contributed by atoms with Crippen LogP contribution in [0.4, 0.5) is 20.4 Å². The van der Waals surface area contributed by atoms with Crippen LogP contribution in [0.3, 0.4) is 0 Å². The Morgan fingerprint density at radius 3 is 2.30 bits per heavy atom. The molecular formula is C30H28F2N6O5. The number of carbonyl (C=O) groups is 2. The number of imidazole rings is 1. The van der Waals surface area contributed by atoms with Crippen molar-refractivity contribution in [1.82, 2.24) is 19.9 Å². The number of hydrogen-bond acceptors (Lipinski definition) is 9. The maximum atomic E-state index is 13.8. The smallest absolute Gasteiger partial charge is 0.316 e. The van der Waals surface area contributed by atoms with Gasteiger partial charge in [-0.05, 0) is 80.3 Å². The Bertz CT molecular complexity index is 1650. The van der Waals surface area contributed by atoms with Crippen molar-refractivity contribution in [3.8, 4) is 22.6 Å². The molecule has 0 radical (unpaired) electrons. The summed E-state index contributed by atoms with van der Waals surface area (Å²) < 4.78 is 44.4. The van der Waals surface area contributed by atoms with Gasteiger partial charge >= 0.3 is 11.8 Å². The van der Waals surface area contributed by atoms with Crippen LogP contribution in [0, 0.1) is 23.0 Å². The molecule has 6 rings (SSSR count). The first-order valence-electron chi connectivity index (χ1n) is 13.6. The monoisotopic (exact) mass is 590 g/mol. The maximum absolute atomic E-state index is 13.8. The molecular weight excluding hydrogens is 562 g/mol. The number of primary amides is 1. The summed E-state index contributed by atoms with van der Waals surface area (Å²) in [7, 11) is 0. The van der Waals surface area contributed by atoms with Gasteiger partial charge in [-0.25, -0.2) is 23.7 Å². The topological polar surface area (TPSA) is 154 Å². The SMILES string of the molecule is CC1(C(=O)OCC2CC2)COC(C(N)=O)(c2nc(-c3ccc(F)cc3)c(-c3ccnc(Nc4ccc(F)cc4)n3)[nH]2)OC1. The lowest BCUT2D eigenvalue weighted by atomic mass is 9.91. The molecule has 1 saturated heterocycles. The van der Waals surface area contributed by atoms with E-state index >= 15 is 0 Å². The van der Waals surface area contributed by atoms with Crippen molar-refractivity contribution < 1.29 is 32.6 Å². The molecule has 11 nitrogen and oxygen atoms in total. The molecule has 0 unspecified atom stereocenters. The molecule has 0 spiro atoms. The van der Waals surface area contributed by atoms with Crippen LogP contribution in [0.2, 0.25) is 0 Å². The van der Waals surface area contributed by atoms with Gasteiger partial charge in [0.25, 0.3) is 5.91 Å². The van der Waals surface area contributed by atoms with E-state index in [0.717, 1.165) is 12.8 Å². The van der Waals surface area contributed by atoms with Crippen LogP contribution < -0.4 is 11.1 Å². The van der Waals surface area contributed by atoms with Gasteiger partial charge in [0.2, 0.25) is 5.95 Å². The summed E-state index contributed by atoms with van der Waals surface area (Å²) in [6, 6.07) is 12.8. The second-order valence-electron chi connectivity index (χ2n) is 10.9. The standard InChI is InChI=1S/C30H28F2N6O5/c1-29(27(40)41-14-17-2-3-17)15-42-30(25(33)39,43-16-29)26-37-23(18-4-6-19(31)7-5-18)24(38-26)22-12-13-34-28(36-22)35-21-10-8-20(32)9-11-21/h4-13,17H,2-3,14-16H2,1H3,(H2,33,39)(H,37,38)(H,34,35,36). The summed E-state index contributed by atoms with van der Waals surface area (Å²) >= 11 is 0. The number of nitrogens with zero attached hydrogens (tertiary/aromatic N) is 3. The summed E-state index contributed by atoms with van der Waals surface area (Å²) in [4.78, 5) is 42.2. The molecule has 1 aliphatic carbocycles. The second kappa shape index (κ2) is 11.2. The van der Waals surface area contributed by atoms with Gasteiger partial charge in [-0.3, -0.25) is 9.59 Å². The highest BCUT2D eigenvalue weighted by Gasteiger charge is 2.54. The minimum atomic E-state index is -2.16. The maximum Gasteiger partial charge on any atom is 0.316 e. The molecule has 2 aromatic heterocycles. The summed E-state index contributed by atoms with van der Waals surface area (Å²) in [6.07, 6.45) is 3.55. The van der Waals surface area contributed by atoms with Crippen LogP contribution in [-0.4, -0.2) is 51.6 Å². The number of hydrogen-bond donors (Lipinski definition) is 3. The summed E-state index contributed by atoms with van der Waals surface area (Å²) in [5.41, 5.74) is 6.66. The zero-order valence-corrected chi connectivity index (χ0v) is 23.1. The number of amides is 1. The van der Waals surface area contributed by atoms with Gasteiger partial charge in [0, 0.05) is 17.4 Å². The zero-order chi connectivity index (χ0) is 30.2. The van der Waals surface area contributed by atoms with E-state index < -0.39 is 28.9 Å². The molecule has 43 heavy (non-hydrogen) atoms. The van der Waals surface area contributed by atoms with Gasteiger partial charge < -0.3 is 30.2 Å². The summed E-state index contributed by atoms with van der Waals surface area (Å²) in [6.45, 7) is 1.51. The minimum Gasteiger partial charge on any atom is -0.465 e. The molecule has 4 N–H and O–H groups in total. The molecule has 1 saturated carbocycles. The normalized spacial score (nSPS) is 21.7. The Kier molecular flexibility index (Phi) is 7.36. The molecule has 13 heteroatoms. The minimum absolute atomic E-state index is 0.0885. The molecule has 222 valence electrons. The highest BCUT2D eigenvalue weighted by Crippen LogP contribution is 2.40. The average Bonchev–Trinajstić information content (AvgIpc) is 3.73. The van der Waals surface area contributed by atoms with E-state index in [0.29, 0.717) is 40.9 Å². The van der Waals surface area contributed by atoms with Gasteiger partial charge in [-0.1, -0.05) is 0 Å². The van der Waals surface area contributed by atoms with Crippen molar-refractivity contribution >= 4 is 23.5 Å². The van der Waals surface area contributed by atoms with E-state index in [4.69, 9.17) is 19.9 Å². The van der Waals surface area contributed by atoms with Crippen LogP contribution in [0.5, 0.6) is 0 Å². The number of aromatic amines is 1. The number of esters is 1. The Balaban J connectivity index is 1.35. The van der Waals surface area contributed by atoms with Gasteiger partial charge in [-0.2, -0.15) is 0 Å². The predicted octanol–water partition coefficient (Wildman–Crippen LogP) is 4.20. The van der Waals surface area contributed by atoms with Crippen molar-refractivity contribution in [2.45, 2.75) is 25.6 Å². The number of aromatic nitrogens is 4. The number of benzene rings is 2. The van der Waals surface area contributed by atoms with Crippen molar-refractivity contribution in [2.75, 3.05) is 25.1 Å². The van der Waals surface area contributed by atoms with Gasteiger partial charge in [0.1, 0.15) is 17.0 Å². The molecule has 2 aromatic carbocycles. The Morgan fingerprint density at radius 1 is 1.02 bits per heavy atom. The number of H-pyrrole nitrogens is 1. The molecule has 0 bridgehead atoms. The van der Waals surface area contributed by atoms with Gasteiger partial charge in [0.15, 0.2) is 5.82 Å². The Labute approximate surface area is 244 Å². The number of carbonyl (C=O) groups excluding carboxylic acids is 2. The lowest BCUT2D eigenvalue weighted by Gasteiger charge is -2.40. The van der Waals surface area contributed by atoms with E-state index in [-0.39, 0.29) is 30.8 Å². The third kappa shape index (κ3) is 5.81. The van der Waals surface area contributed by atoms with Gasteiger partial charge in [-0.15, -0.1) is 0 Å². The lowest BCUT2D eigenvalue weighted by Crippen LogP contribution is -2.56. The third-order valence-corrected chi connectivity index (χ3v) is 7.30. The number of nitrogens with one attached hydrogen (secondary N) is 2. The fourth-order valence-corrected chi connectivity index (χ4v) is 4.52. The summed E-state index contributed by atoms with van der Waals surface area (Å²) in [5.74, 6) is -4.00. The highest BCUT2D eigenvalue weighted by molar-refractivity contribution is 5.85. The fraction of sp³-hybridized carbons (Fsp3) is 0.300. The molecule has 1 amide bonds. The number of rotatable bonds is 9. The fourth-order valence-electron chi connectivity index (χ4n) is 4.52. The van der Waals surface area contributed by atoms with E-state index in [1.165, 1.54) is 54.7 Å². The number of halogens is 2. The first-order valence-corrected chi connectivity index (χ1v) is 13.6. The number of anilines is 2. The van der Waals surface area contributed by atoms with Gasteiger partial charge in [0.05, 0.1) is 36.9 Å². The first kappa shape index (κ1) is 28.4. The van der Waals surface area contributed by atoms with Crippen molar-refractivity contribution in [1.29, 1.82) is 0 Å². The van der Waals surface area contributed by atoms with Crippen LogP contribution in [0.1, 0.15) is 25.6 Å². The van der Waals surface area contributed by atoms with Crippen LogP contribution in [-0.2, 0) is 29.6 Å². The molecule has 2 aliphatic rings. The molecule has 0 atom stereocenters. The first-order chi connectivity index (χ1) is 20.6. The lowest BCUT2D eigenvalue weighted by molar-refractivity contribution is -0.293. The average molecular weight is 591 g/mol. The second-order valence-corrected chi connectivity index (χ2v) is 10.9. The van der Waals surface area contributed by atoms with Crippen molar-refractivity contribution in [2.24, 2.45) is 17.1 Å². The molecule has 4 aromatic rings. The predicted molar refractivity (Wildman–Crippen MR) is 149 cm³/mol. The third-order valence-electron chi connectivity index (χ3n) is 7.30.